The van der Waals surface area contributed by atoms with Gasteiger partial charge >= 0.3 is 0 Å². The van der Waals surface area contributed by atoms with E-state index < -0.39 is 0 Å². The van der Waals surface area contributed by atoms with Crippen molar-refractivity contribution in [2.45, 2.75) is 11.3 Å². The smallest absolute Gasteiger partial charge is 0.230 e. The number of nitrogens with one attached hydrogen (secondary N) is 1. The maximum absolute atomic E-state index is 11.7. The second-order valence-corrected chi connectivity index (χ2v) is 5.92. The lowest BCUT2D eigenvalue weighted by molar-refractivity contribution is -0.118. The molecule has 2 rings (SSSR count). The van der Waals surface area contributed by atoms with Gasteiger partial charge in [-0.2, -0.15) is 0 Å². The van der Waals surface area contributed by atoms with Crippen molar-refractivity contribution < 1.29 is 4.79 Å². The fraction of sp³-hybridized carbons (Fsp3) is 0.200. The molecule has 0 aliphatic rings. The third-order valence-corrected chi connectivity index (χ3v) is 3.97. The fourth-order valence-electron chi connectivity index (χ4n) is 1.72. The van der Waals surface area contributed by atoms with E-state index in [9.17, 15) is 4.79 Å². The molecular formula is C15H16ClN3OS. The summed E-state index contributed by atoms with van der Waals surface area (Å²) in [6, 6.07) is 11.2. The van der Waals surface area contributed by atoms with Crippen LogP contribution in [-0.2, 0) is 11.2 Å². The molecule has 0 fully saturated rings. The highest BCUT2D eigenvalue weighted by atomic mass is 35.5. The molecule has 21 heavy (non-hydrogen) atoms. The van der Waals surface area contributed by atoms with Gasteiger partial charge in [0, 0.05) is 22.7 Å². The number of nitrogen functional groups attached to an aromatic ring is 1. The van der Waals surface area contributed by atoms with Crippen molar-refractivity contribution in [3.8, 4) is 0 Å². The Morgan fingerprint density at radius 2 is 2.19 bits per heavy atom. The number of carbonyl (C=O) groups is 1. The average molecular weight is 322 g/mol. The molecule has 0 saturated heterocycles. The number of hydrogen-bond acceptors (Lipinski definition) is 4. The maximum atomic E-state index is 11.7. The van der Waals surface area contributed by atoms with Crippen molar-refractivity contribution in [1.29, 1.82) is 0 Å². The van der Waals surface area contributed by atoms with Crippen LogP contribution >= 0.6 is 23.4 Å². The number of nitrogens with zero attached hydrogens (tertiary/aromatic N) is 1. The minimum absolute atomic E-state index is 0.00106. The van der Waals surface area contributed by atoms with Crippen molar-refractivity contribution in [3.05, 3.63) is 53.2 Å². The molecule has 110 valence electrons. The van der Waals surface area contributed by atoms with Gasteiger partial charge in [0.15, 0.2) is 0 Å². The van der Waals surface area contributed by atoms with E-state index >= 15 is 0 Å². The van der Waals surface area contributed by atoms with Gasteiger partial charge in [0.2, 0.25) is 5.91 Å². The molecule has 0 radical (unpaired) electrons. The Morgan fingerprint density at radius 3 is 2.90 bits per heavy atom. The van der Waals surface area contributed by atoms with Crippen LogP contribution in [0.15, 0.2) is 47.5 Å². The van der Waals surface area contributed by atoms with Crippen LogP contribution in [0.2, 0.25) is 5.02 Å². The first-order valence-electron chi connectivity index (χ1n) is 6.49. The number of thioether (sulfide) groups is 1. The zero-order chi connectivity index (χ0) is 15.1. The topological polar surface area (TPSA) is 68.0 Å². The Labute approximate surface area is 133 Å². The highest BCUT2D eigenvalue weighted by molar-refractivity contribution is 8.00. The van der Waals surface area contributed by atoms with E-state index in [0.29, 0.717) is 23.1 Å². The monoisotopic (exact) mass is 321 g/mol. The number of hydrogen-bond donors (Lipinski definition) is 2. The summed E-state index contributed by atoms with van der Waals surface area (Å²) in [6.45, 7) is 0.597. The summed E-state index contributed by atoms with van der Waals surface area (Å²) >= 11 is 7.34. The molecule has 0 unspecified atom stereocenters. The molecule has 0 saturated carbocycles. The standard InChI is InChI=1S/C15H16ClN3OS/c16-12-3-1-2-11(8-12)6-7-18-15(20)10-21-13-4-5-14(17)19-9-13/h1-5,8-9H,6-7,10H2,(H2,17,19)(H,18,20). The summed E-state index contributed by atoms with van der Waals surface area (Å²) in [5.41, 5.74) is 6.61. The summed E-state index contributed by atoms with van der Waals surface area (Å²) in [5.74, 6) is 0.838. The van der Waals surface area contributed by atoms with Crippen LogP contribution in [0.25, 0.3) is 0 Å². The van der Waals surface area contributed by atoms with Gasteiger partial charge in [-0.15, -0.1) is 11.8 Å². The molecule has 0 aliphatic carbocycles. The summed E-state index contributed by atoms with van der Waals surface area (Å²) in [6.07, 6.45) is 2.43. The number of anilines is 1. The lowest BCUT2D eigenvalue weighted by Gasteiger charge is -2.06. The Hall–Kier alpha value is -1.72. The van der Waals surface area contributed by atoms with E-state index in [2.05, 4.69) is 10.3 Å². The molecule has 0 atom stereocenters. The molecule has 4 nitrogen and oxygen atoms in total. The molecule has 6 heteroatoms. The van der Waals surface area contributed by atoms with Crippen molar-refractivity contribution in [1.82, 2.24) is 10.3 Å². The third kappa shape index (κ3) is 5.65. The van der Waals surface area contributed by atoms with Gasteiger partial charge < -0.3 is 11.1 Å². The van der Waals surface area contributed by atoms with E-state index in [-0.39, 0.29) is 5.91 Å². The molecule has 3 N–H and O–H groups in total. The lowest BCUT2D eigenvalue weighted by Crippen LogP contribution is -2.27. The van der Waals surface area contributed by atoms with Crippen molar-refractivity contribution in [2.75, 3.05) is 18.0 Å². The van der Waals surface area contributed by atoms with Crippen LogP contribution in [0.1, 0.15) is 5.56 Å². The number of benzene rings is 1. The van der Waals surface area contributed by atoms with Crippen molar-refractivity contribution in [3.63, 3.8) is 0 Å². The fourth-order valence-corrected chi connectivity index (χ4v) is 2.62. The molecule has 1 aromatic carbocycles. The second kappa shape index (κ2) is 7.90. The van der Waals surface area contributed by atoms with E-state index in [1.165, 1.54) is 11.8 Å². The van der Waals surface area contributed by atoms with Crippen LogP contribution in [0.3, 0.4) is 0 Å². The summed E-state index contributed by atoms with van der Waals surface area (Å²) < 4.78 is 0. The predicted molar refractivity (Wildman–Crippen MR) is 87.5 cm³/mol. The van der Waals surface area contributed by atoms with Crippen LogP contribution < -0.4 is 11.1 Å². The molecule has 2 aromatic rings. The van der Waals surface area contributed by atoms with E-state index in [1.807, 2.05) is 30.3 Å². The normalized spacial score (nSPS) is 10.3. The van der Waals surface area contributed by atoms with Gasteiger partial charge in [-0.05, 0) is 36.2 Å². The largest absolute Gasteiger partial charge is 0.384 e. The average Bonchev–Trinajstić information content (AvgIpc) is 2.47. The first-order valence-corrected chi connectivity index (χ1v) is 7.85. The van der Waals surface area contributed by atoms with Crippen LogP contribution in [0, 0.1) is 0 Å². The number of amides is 1. The second-order valence-electron chi connectivity index (χ2n) is 4.44. The quantitative estimate of drug-likeness (QED) is 0.803. The Morgan fingerprint density at radius 1 is 1.33 bits per heavy atom. The number of nitrogens with two attached hydrogens (primary N) is 1. The van der Waals surface area contributed by atoms with Crippen LogP contribution in [-0.4, -0.2) is 23.2 Å². The molecule has 0 aliphatic heterocycles. The van der Waals surface area contributed by atoms with Gasteiger partial charge in [0.25, 0.3) is 0 Å². The Balaban J connectivity index is 1.69. The van der Waals surface area contributed by atoms with Crippen molar-refractivity contribution >= 4 is 35.1 Å². The van der Waals surface area contributed by atoms with E-state index in [1.54, 1.807) is 12.3 Å². The first kappa shape index (κ1) is 15.7. The van der Waals surface area contributed by atoms with Gasteiger partial charge in [0.1, 0.15) is 5.82 Å². The molecule has 0 bridgehead atoms. The Kier molecular flexibility index (Phi) is 5.90. The minimum Gasteiger partial charge on any atom is -0.384 e. The van der Waals surface area contributed by atoms with E-state index in [0.717, 1.165) is 16.9 Å². The van der Waals surface area contributed by atoms with Gasteiger partial charge in [-0.1, -0.05) is 23.7 Å². The Bertz CT molecular complexity index is 604. The number of carbonyl (C=O) groups excluding carboxylic acids is 1. The SMILES string of the molecule is Nc1ccc(SCC(=O)NCCc2cccc(Cl)c2)cn1. The molecule has 0 spiro atoms. The van der Waals surface area contributed by atoms with E-state index in [4.69, 9.17) is 17.3 Å². The zero-order valence-corrected chi connectivity index (χ0v) is 13.0. The van der Waals surface area contributed by atoms with Gasteiger partial charge in [-0.25, -0.2) is 4.98 Å². The predicted octanol–water partition coefficient (Wildman–Crippen LogP) is 2.77. The van der Waals surface area contributed by atoms with Gasteiger partial charge in [-0.3, -0.25) is 4.79 Å². The third-order valence-electron chi connectivity index (χ3n) is 2.75. The number of pyridine rings is 1. The summed E-state index contributed by atoms with van der Waals surface area (Å²) in [4.78, 5) is 16.6. The maximum Gasteiger partial charge on any atom is 0.230 e. The first-order chi connectivity index (χ1) is 10.1. The zero-order valence-electron chi connectivity index (χ0n) is 11.4. The molecule has 1 aromatic heterocycles. The lowest BCUT2D eigenvalue weighted by atomic mass is 10.1. The number of aromatic nitrogens is 1. The number of halogens is 1. The van der Waals surface area contributed by atoms with Crippen LogP contribution in [0.5, 0.6) is 0 Å². The van der Waals surface area contributed by atoms with Crippen LogP contribution in [0.4, 0.5) is 5.82 Å². The summed E-state index contributed by atoms with van der Waals surface area (Å²) in [5, 5.41) is 3.60. The summed E-state index contributed by atoms with van der Waals surface area (Å²) in [7, 11) is 0. The van der Waals surface area contributed by atoms with Gasteiger partial charge in [0.05, 0.1) is 5.75 Å². The number of rotatable bonds is 6. The molecule has 1 amide bonds. The molecular weight excluding hydrogens is 306 g/mol. The van der Waals surface area contributed by atoms with Crippen molar-refractivity contribution in [2.24, 2.45) is 0 Å². The molecule has 1 heterocycles. The highest BCUT2D eigenvalue weighted by Gasteiger charge is 2.03. The highest BCUT2D eigenvalue weighted by Crippen LogP contribution is 2.16. The minimum atomic E-state index is -0.00106.